The van der Waals surface area contributed by atoms with Crippen molar-refractivity contribution in [1.29, 1.82) is 0 Å². The van der Waals surface area contributed by atoms with E-state index in [2.05, 4.69) is 0 Å². The van der Waals surface area contributed by atoms with E-state index in [4.69, 9.17) is 9.57 Å². The molecule has 0 atom stereocenters. The van der Waals surface area contributed by atoms with Crippen LogP contribution in [0, 0.1) is 0 Å². The average Bonchev–Trinajstić information content (AvgIpc) is 3.08. The van der Waals surface area contributed by atoms with Gasteiger partial charge in [0.05, 0.1) is 6.61 Å². The summed E-state index contributed by atoms with van der Waals surface area (Å²) < 4.78 is 5.15. The van der Waals surface area contributed by atoms with Crippen LogP contribution in [0.25, 0.3) is 0 Å². The van der Waals surface area contributed by atoms with Gasteiger partial charge in [0, 0.05) is 6.20 Å². The molecule has 0 unspecified atom stereocenters. The van der Waals surface area contributed by atoms with Crippen LogP contribution in [0.2, 0.25) is 0 Å². The molecule has 1 amide bonds. The van der Waals surface area contributed by atoms with Crippen molar-refractivity contribution in [3.8, 4) is 0 Å². The topological polar surface area (TPSA) is 38.8 Å². The van der Waals surface area contributed by atoms with Gasteiger partial charge in [0.1, 0.15) is 0 Å². The first kappa shape index (κ1) is 15.3. The highest BCUT2D eigenvalue weighted by molar-refractivity contribution is 5.68. The van der Waals surface area contributed by atoms with Crippen LogP contribution < -0.4 is 0 Å². The van der Waals surface area contributed by atoms with E-state index in [1.807, 2.05) is 73.7 Å². The van der Waals surface area contributed by atoms with Crippen molar-refractivity contribution in [2.75, 3.05) is 6.61 Å². The average molecular weight is 309 g/mol. The Labute approximate surface area is 135 Å². The van der Waals surface area contributed by atoms with E-state index in [0.717, 1.165) is 22.6 Å². The molecule has 0 aliphatic carbocycles. The fraction of sp³-hybridized carbons (Fsp3) is 0.211. The molecule has 4 nitrogen and oxygen atoms in total. The molecule has 0 saturated carbocycles. The van der Waals surface area contributed by atoms with Crippen LogP contribution >= 0.6 is 0 Å². The number of hydrogen-bond donors (Lipinski definition) is 0. The second kappa shape index (κ2) is 6.67. The first-order valence-corrected chi connectivity index (χ1v) is 7.72. The fourth-order valence-corrected chi connectivity index (χ4v) is 2.58. The number of hydroxylamine groups is 2. The molecular formula is C19H19NO3. The van der Waals surface area contributed by atoms with Crippen molar-refractivity contribution >= 4 is 6.09 Å². The zero-order chi connectivity index (χ0) is 16.1. The highest BCUT2D eigenvalue weighted by Gasteiger charge is 2.41. The summed E-state index contributed by atoms with van der Waals surface area (Å²) in [5, 5.41) is 1.16. The molecule has 0 fully saturated rings. The molecule has 1 aliphatic heterocycles. The van der Waals surface area contributed by atoms with Gasteiger partial charge in [-0.2, -0.15) is 5.06 Å². The van der Waals surface area contributed by atoms with Crippen LogP contribution in [0.5, 0.6) is 0 Å². The van der Waals surface area contributed by atoms with Gasteiger partial charge in [-0.3, -0.25) is 0 Å². The molecule has 0 saturated heterocycles. The Kier molecular flexibility index (Phi) is 4.44. The highest BCUT2D eigenvalue weighted by Crippen LogP contribution is 2.39. The summed E-state index contributed by atoms with van der Waals surface area (Å²) in [6.07, 6.45) is 3.77. The van der Waals surface area contributed by atoms with Gasteiger partial charge in [0.15, 0.2) is 5.60 Å². The normalized spacial score (nSPS) is 15.6. The van der Waals surface area contributed by atoms with Gasteiger partial charge in [0.2, 0.25) is 0 Å². The number of carbonyl (C=O) groups excluding carboxylic acids is 1. The third kappa shape index (κ3) is 2.98. The van der Waals surface area contributed by atoms with Gasteiger partial charge in [-0.1, -0.05) is 67.6 Å². The van der Waals surface area contributed by atoms with Gasteiger partial charge in [0.25, 0.3) is 0 Å². The van der Waals surface area contributed by atoms with Crippen LogP contribution in [0.15, 0.2) is 72.9 Å². The molecule has 0 N–H and O–H groups in total. The lowest BCUT2D eigenvalue weighted by atomic mass is 9.86. The Hall–Kier alpha value is -2.59. The smallest absolute Gasteiger partial charge is 0.438 e. The maximum atomic E-state index is 12.1. The number of amides is 1. The van der Waals surface area contributed by atoms with E-state index >= 15 is 0 Å². The molecule has 4 heteroatoms. The maximum Gasteiger partial charge on any atom is 0.438 e. The van der Waals surface area contributed by atoms with E-state index in [-0.39, 0.29) is 0 Å². The van der Waals surface area contributed by atoms with Crippen molar-refractivity contribution in [1.82, 2.24) is 5.06 Å². The van der Waals surface area contributed by atoms with Crippen molar-refractivity contribution < 1.29 is 14.4 Å². The van der Waals surface area contributed by atoms with E-state index in [9.17, 15) is 4.79 Å². The SMILES string of the molecule is CCCOC(=O)N1C=CC(c2ccccc2)(c2ccccc2)O1. The Morgan fingerprint density at radius 1 is 1.04 bits per heavy atom. The summed E-state index contributed by atoms with van der Waals surface area (Å²) in [6, 6.07) is 19.7. The summed E-state index contributed by atoms with van der Waals surface area (Å²) in [4.78, 5) is 18.1. The van der Waals surface area contributed by atoms with Crippen LogP contribution in [0.1, 0.15) is 24.5 Å². The van der Waals surface area contributed by atoms with Crippen molar-refractivity contribution in [2.45, 2.75) is 18.9 Å². The molecule has 1 heterocycles. The summed E-state index contributed by atoms with van der Waals surface area (Å²) in [6.45, 7) is 2.32. The number of carbonyl (C=O) groups is 1. The second-order valence-corrected chi connectivity index (χ2v) is 5.31. The lowest BCUT2D eigenvalue weighted by molar-refractivity contribution is -0.148. The number of nitrogens with zero attached hydrogens (tertiary/aromatic N) is 1. The Bertz CT molecular complexity index is 643. The first-order chi connectivity index (χ1) is 11.3. The van der Waals surface area contributed by atoms with Crippen LogP contribution in [-0.2, 0) is 15.2 Å². The quantitative estimate of drug-likeness (QED) is 0.848. The monoisotopic (exact) mass is 309 g/mol. The lowest BCUT2D eigenvalue weighted by Crippen LogP contribution is -2.33. The summed E-state index contributed by atoms with van der Waals surface area (Å²) in [5.41, 5.74) is 1.08. The Morgan fingerprint density at radius 2 is 1.61 bits per heavy atom. The van der Waals surface area contributed by atoms with Crippen molar-refractivity contribution in [3.05, 3.63) is 84.1 Å². The molecule has 118 valence electrons. The second-order valence-electron chi connectivity index (χ2n) is 5.31. The van der Waals surface area contributed by atoms with E-state index < -0.39 is 11.7 Å². The minimum absolute atomic E-state index is 0.371. The molecule has 0 radical (unpaired) electrons. The number of hydrogen-bond acceptors (Lipinski definition) is 3. The Balaban J connectivity index is 1.94. The largest absolute Gasteiger partial charge is 0.448 e. The minimum Gasteiger partial charge on any atom is -0.448 e. The fourth-order valence-electron chi connectivity index (χ4n) is 2.58. The number of rotatable bonds is 4. The lowest BCUT2D eigenvalue weighted by Gasteiger charge is -2.29. The van der Waals surface area contributed by atoms with E-state index in [1.165, 1.54) is 0 Å². The molecule has 0 aromatic heterocycles. The number of ether oxygens (including phenoxy) is 1. The molecule has 0 spiro atoms. The van der Waals surface area contributed by atoms with Gasteiger partial charge >= 0.3 is 6.09 Å². The zero-order valence-corrected chi connectivity index (χ0v) is 13.0. The molecule has 3 rings (SSSR count). The van der Waals surface area contributed by atoms with Crippen LogP contribution in [0.4, 0.5) is 4.79 Å². The van der Waals surface area contributed by atoms with Crippen molar-refractivity contribution in [2.24, 2.45) is 0 Å². The molecule has 1 aliphatic rings. The van der Waals surface area contributed by atoms with Gasteiger partial charge < -0.3 is 4.74 Å². The van der Waals surface area contributed by atoms with Crippen LogP contribution in [0.3, 0.4) is 0 Å². The highest BCUT2D eigenvalue weighted by atomic mass is 16.7. The zero-order valence-electron chi connectivity index (χ0n) is 13.0. The first-order valence-electron chi connectivity index (χ1n) is 7.72. The summed E-state index contributed by atoms with van der Waals surface area (Å²) in [5.74, 6) is 0. The molecular weight excluding hydrogens is 290 g/mol. The van der Waals surface area contributed by atoms with E-state index in [1.54, 1.807) is 6.20 Å². The third-order valence-electron chi connectivity index (χ3n) is 3.70. The summed E-state index contributed by atoms with van der Waals surface area (Å²) in [7, 11) is 0. The predicted molar refractivity (Wildman–Crippen MR) is 87.4 cm³/mol. The third-order valence-corrected chi connectivity index (χ3v) is 3.70. The standard InChI is InChI=1S/C19H19NO3/c1-2-15-22-18(21)20-14-13-19(23-20,16-9-5-3-6-10-16)17-11-7-4-8-12-17/h3-14H,2,15H2,1H3. The maximum absolute atomic E-state index is 12.1. The van der Waals surface area contributed by atoms with Gasteiger partial charge in [-0.15, -0.1) is 0 Å². The minimum atomic E-state index is -0.826. The molecule has 2 aromatic carbocycles. The molecule has 0 bridgehead atoms. The number of benzene rings is 2. The van der Waals surface area contributed by atoms with Crippen LogP contribution in [-0.4, -0.2) is 17.8 Å². The summed E-state index contributed by atoms with van der Waals surface area (Å²) >= 11 is 0. The molecule has 23 heavy (non-hydrogen) atoms. The Morgan fingerprint density at radius 3 is 2.13 bits per heavy atom. The van der Waals surface area contributed by atoms with Gasteiger partial charge in [-0.25, -0.2) is 9.63 Å². The van der Waals surface area contributed by atoms with E-state index in [0.29, 0.717) is 6.61 Å². The predicted octanol–water partition coefficient (Wildman–Crippen LogP) is 4.24. The molecule has 2 aromatic rings. The van der Waals surface area contributed by atoms with Gasteiger partial charge in [-0.05, 0) is 23.6 Å². The van der Waals surface area contributed by atoms with Crippen molar-refractivity contribution in [3.63, 3.8) is 0 Å².